The Morgan fingerprint density at radius 1 is 0.833 bits per heavy atom. The summed E-state index contributed by atoms with van der Waals surface area (Å²) in [4.78, 5) is 19.3. The van der Waals surface area contributed by atoms with Gasteiger partial charge in [0, 0.05) is 57.0 Å². The second-order valence-electron chi connectivity index (χ2n) is 7.04. The lowest BCUT2D eigenvalue weighted by Gasteiger charge is -2.29. The van der Waals surface area contributed by atoms with Crippen LogP contribution in [0, 0.1) is 20.2 Å². The average Bonchev–Trinajstić information content (AvgIpc) is 2.64. The minimum atomic E-state index is -3.97. The lowest BCUT2D eigenvalue weighted by molar-refractivity contribution is -0.385. The van der Waals surface area contributed by atoms with Crippen molar-refractivity contribution in [3.8, 4) is 0 Å². The number of hydrogen-bond donors (Lipinski definition) is 1. The van der Waals surface area contributed by atoms with Crippen LogP contribution in [0.2, 0.25) is 0 Å². The molecule has 0 saturated carbocycles. The van der Waals surface area contributed by atoms with Crippen molar-refractivity contribution in [2.24, 2.45) is 0 Å². The molecule has 200 valence electrons. The van der Waals surface area contributed by atoms with E-state index in [4.69, 9.17) is 10.7 Å². The maximum Gasteiger partial charge on any atom is 0.270 e. The Bertz CT molecular complexity index is 1310. The van der Waals surface area contributed by atoms with Crippen LogP contribution in [0.15, 0.2) is 55.1 Å². The monoisotopic (exact) mass is 692 g/mol. The van der Waals surface area contributed by atoms with Crippen molar-refractivity contribution < 1.29 is 26.7 Å². The number of halogens is 3. The van der Waals surface area contributed by atoms with Crippen molar-refractivity contribution in [1.82, 2.24) is 9.62 Å². The van der Waals surface area contributed by atoms with Gasteiger partial charge < -0.3 is 5.32 Å². The molecular formula is C19H23Br2ClN4O8S2. The molecule has 17 heteroatoms. The van der Waals surface area contributed by atoms with Gasteiger partial charge in [0.25, 0.3) is 20.4 Å². The Morgan fingerprint density at radius 2 is 1.22 bits per heavy atom. The lowest BCUT2D eigenvalue weighted by atomic mass is 10.3. The average molecular weight is 695 g/mol. The van der Waals surface area contributed by atoms with Gasteiger partial charge in [-0.2, -0.15) is 4.31 Å². The fourth-order valence-corrected chi connectivity index (χ4v) is 7.01. The molecular weight excluding hydrogens is 672 g/mol. The molecule has 2 aliphatic rings. The van der Waals surface area contributed by atoms with Crippen molar-refractivity contribution in [3.05, 3.63) is 65.6 Å². The number of nitro benzene ring substituents is 2. The highest BCUT2D eigenvalue weighted by molar-refractivity contribution is 9.10. The van der Waals surface area contributed by atoms with Crippen LogP contribution >= 0.6 is 42.5 Å². The van der Waals surface area contributed by atoms with Gasteiger partial charge in [-0.05, 0) is 69.9 Å². The molecule has 4 rings (SSSR count). The molecule has 2 fully saturated rings. The highest BCUT2D eigenvalue weighted by Gasteiger charge is 2.32. The second-order valence-corrected chi connectivity index (χ2v) is 13.2. The molecule has 0 unspecified atom stereocenters. The van der Waals surface area contributed by atoms with E-state index in [1.807, 2.05) is 0 Å². The third-order valence-electron chi connectivity index (χ3n) is 4.65. The predicted octanol–water partition coefficient (Wildman–Crippen LogP) is 4.65. The molecule has 2 aliphatic heterocycles. The zero-order chi connectivity index (χ0) is 26.4. The molecule has 1 N–H and O–H groups in total. The van der Waals surface area contributed by atoms with Gasteiger partial charge in [-0.15, -0.1) is 0 Å². The van der Waals surface area contributed by atoms with Gasteiger partial charge in [0.1, 0.15) is 9.79 Å². The molecule has 36 heavy (non-hydrogen) atoms. The van der Waals surface area contributed by atoms with E-state index in [1.54, 1.807) is 0 Å². The van der Waals surface area contributed by atoms with Crippen LogP contribution in [0.3, 0.4) is 0 Å². The molecule has 0 amide bonds. The summed E-state index contributed by atoms with van der Waals surface area (Å²) < 4.78 is 47.9. The predicted molar refractivity (Wildman–Crippen MR) is 142 cm³/mol. The van der Waals surface area contributed by atoms with Gasteiger partial charge in [-0.25, -0.2) is 16.8 Å². The Kier molecular flexibility index (Phi) is 12.3. The maximum atomic E-state index is 12.1. The molecule has 0 bridgehead atoms. The third-order valence-corrected chi connectivity index (χ3v) is 9.86. The number of hydrogen-bond acceptors (Lipinski definition) is 9. The molecule has 0 radical (unpaired) electrons. The smallest absolute Gasteiger partial charge is 0.270 e. The summed E-state index contributed by atoms with van der Waals surface area (Å²) in [7, 11) is -2.52. The van der Waals surface area contributed by atoms with Crippen molar-refractivity contribution in [1.29, 1.82) is 0 Å². The molecule has 2 aromatic carbocycles. The van der Waals surface area contributed by atoms with Gasteiger partial charge in [-0.3, -0.25) is 20.2 Å². The Labute approximate surface area is 230 Å². The normalized spacial score (nSPS) is 14.9. The van der Waals surface area contributed by atoms with Crippen LogP contribution in [0.5, 0.6) is 0 Å². The molecule has 0 spiro atoms. The van der Waals surface area contributed by atoms with Crippen LogP contribution in [0.1, 0.15) is 20.3 Å². The van der Waals surface area contributed by atoms with Crippen LogP contribution in [-0.4, -0.2) is 57.2 Å². The van der Waals surface area contributed by atoms with E-state index in [9.17, 15) is 37.1 Å². The van der Waals surface area contributed by atoms with Gasteiger partial charge in [-0.1, -0.05) is 7.43 Å². The van der Waals surface area contributed by atoms with E-state index < -0.39 is 28.9 Å². The number of nitrogens with one attached hydrogen (secondary N) is 1. The highest BCUT2D eigenvalue weighted by atomic mass is 79.9. The van der Waals surface area contributed by atoms with Crippen LogP contribution in [0.4, 0.5) is 11.4 Å². The first-order chi connectivity index (χ1) is 16.2. The van der Waals surface area contributed by atoms with E-state index in [2.05, 4.69) is 37.2 Å². The van der Waals surface area contributed by atoms with Crippen LogP contribution in [0.25, 0.3) is 0 Å². The summed E-state index contributed by atoms with van der Waals surface area (Å²) in [6, 6.07) is 7.05. The van der Waals surface area contributed by atoms with Crippen LogP contribution < -0.4 is 5.32 Å². The molecule has 0 aliphatic carbocycles. The molecule has 0 aromatic heterocycles. The molecule has 2 aromatic rings. The standard InChI is InChI=1S/C9H9BrN2O4S.C6H3BrClNO4S.C3H7N.CH4/c10-8-3-2-7(12(13)14)6-9(8)17(15,16)11-4-1-5-11;7-5-2-1-4(9(10)11)3-6(5)14(8,12)13;1-2-4-3-1;/h2-3,6H,1,4-5H2;1-3H;4H,1-3H2;1H4. The summed E-state index contributed by atoms with van der Waals surface area (Å²) in [6.45, 7) is 3.44. The maximum absolute atomic E-state index is 12.1. The van der Waals surface area contributed by atoms with E-state index >= 15 is 0 Å². The lowest BCUT2D eigenvalue weighted by Crippen LogP contribution is -2.42. The minimum absolute atomic E-state index is 0. The highest BCUT2D eigenvalue weighted by Crippen LogP contribution is 2.31. The quantitative estimate of drug-likeness (QED) is 0.266. The van der Waals surface area contributed by atoms with E-state index in [0.29, 0.717) is 17.6 Å². The molecule has 2 heterocycles. The number of nitro groups is 2. The largest absolute Gasteiger partial charge is 0.317 e. The van der Waals surface area contributed by atoms with Gasteiger partial charge in [0.05, 0.1) is 9.85 Å². The second kappa shape index (κ2) is 13.7. The molecule has 0 atom stereocenters. The Morgan fingerprint density at radius 3 is 1.53 bits per heavy atom. The first-order valence-corrected chi connectivity index (χ1v) is 15.1. The summed E-state index contributed by atoms with van der Waals surface area (Å²) in [5, 5.41) is 24.1. The van der Waals surface area contributed by atoms with Crippen molar-refractivity contribution in [2.75, 3.05) is 26.2 Å². The fraction of sp³-hybridized carbons (Fsp3) is 0.368. The van der Waals surface area contributed by atoms with Gasteiger partial charge in [0.2, 0.25) is 10.0 Å². The first-order valence-electron chi connectivity index (χ1n) is 9.78. The summed E-state index contributed by atoms with van der Waals surface area (Å²) in [6.07, 6.45) is 2.21. The fourth-order valence-electron chi connectivity index (χ4n) is 2.44. The Hall–Kier alpha value is -1.69. The van der Waals surface area contributed by atoms with Crippen molar-refractivity contribution in [3.63, 3.8) is 0 Å². The number of nitrogens with zero attached hydrogens (tertiary/aromatic N) is 3. The number of non-ortho nitro benzene ring substituents is 2. The van der Waals surface area contributed by atoms with Gasteiger partial charge in [0.15, 0.2) is 0 Å². The first kappa shape index (κ1) is 32.3. The topological polar surface area (TPSA) is 170 Å². The van der Waals surface area contributed by atoms with Crippen molar-refractivity contribution in [2.45, 2.75) is 30.1 Å². The molecule has 2 saturated heterocycles. The van der Waals surface area contributed by atoms with Crippen molar-refractivity contribution >= 4 is 73.0 Å². The minimum Gasteiger partial charge on any atom is -0.317 e. The van der Waals surface area contributed by atoms with E-state index in [-0.39, 0.29) is 33.1 Å². The summed E-state index contributed by atoms with van der Waals surface area (Å²) >= 11 is 6.04. The number of benzene rings is 2. The Balaban J connectivity index is 0.000000308. The SMILES string of the molecule is C.C1CNC1.O=[N+]([O-])c1ccc(Br)c(S(=O)(=O)Cl)c1.O=[N+]([O-])c1ccc(Br)c(S(=O)(=O)N2CCC2)c1. The third kappa shape index (κ3) is 8.71. The van der Waals surface area contributed by atoms with E-state index in [0.717, 1.165) is 18.6 Å². The number of sulfonamides is 1. The van der Waals surface area contributed by atoms with Gasteiger partial charge >= 0.3 is 0 Å². The zero-order valence-electron chi connectivity index (χ0n) is 17.8. The molecule has 12 nitrogen and oxygen atoms in total. The summed E-state index contributed by atoms with van der Waals surface area (Å²) in [5.41, 5.74) is -0.556. The summed E-state index contributed by atoms with van der Waals surface area (Å²) in [5.74, 6) is 0. The number of rotatable bonds is 5. The van der Waals surface area contributed by atoms with Crippen LogP contribution in [-0.2, 0) is 19.1 Å². The zero-order valence-corrected chi connectivity index (χ0v) is 23.3. The van der Waals surface area contributed by atoms with E-state index in [1.165, 1.54) is 48.1 Å².